The Morgan fingerprint density at radius 1 is 1.28 bits per heavy atom. The highest BCUT2D eigenvalue weighted by atomic mass is 16.6. The first-order valence-electron chi connectivity index (χ1n) is 6.38. The SMILES string of the molecule is CC(C)(C)OC(=O)CC[C@H]1O[C@@H]1c1ccccc1. The fraction of sp³-hybridized carbons (Fsp3) is 0.533. The second-order valence-corrected chi connectivity index (χ2v) is 5.63. The van der Waals surface area contributed by atoms with E-state index in [1.54, 1.807) is 0 Å². The molecular formula is C15H20O3. The van der Waals surface area contributed by atoms with Gasteiger partial charge in [0, 0.05) is 6.42 Å². The summed E-state index contributed by atoms with van der Waals surface area (Å²) in [6.45, 7) is 5.64. The van der Waals surface area contributed by atoms with Crippen LogP contribution in [0.4, 0.5) is 0 Å². The van der Waals surface area contributed by atoms with Crippen molar-refractivity contribution < 1.29 is 14.3 Å². The zero-order valence-corrected chi connectivity index (χ0v) is 11.2. The average molecular weight is 248 g/mol. The van der Waals surface area contributed by atoms with E-state index in [0.717, 1.165) is 6.42 Å². The highest BCUT2D eigenvalue weighted by molar-refractivity contribution is 5.69. The number of carbonyl (C=O) groups excluding carboxylic acids is 1. The molecule has 0 amide bonds. The summed E-state index contributed by atoms with van der Waals surface area (Å²) in [5, 5.41) is 0. The molecule has 18 heavy (non-hydrogen) atoms. The quantitative estimate of drug-likeness (QED) is 0.606. The predicted octanol–water partition coefficient (Wildman–Crippen LogP) is 3.25. The van der Waals surface area contributed by atoms with Gasteiger partial charge in [0.25, 0.3) is 0 Å². The maximum Gasteiger partial charge on any atom is 0.306 e. The van der Waals surface area contributed by atoms with Gasteiger partial charge >= 0.3 is 5.97 Å². The molecule has 1 heterocycles. The molecule has 0 N–H and O–H groups in total. The van der Waals surface area contributed by atoms with Crippen molar-refractivity contribution in [3.8, 4) is 0 Å². The van der Waals surface area contributed by atoms with Crippen LogP contribution in [0.2, 0.25) is 0 Å². The summed E-state index contributed by atoms with van der Waals surface area (Å²) in [6.07, 6.45) is 1.48. The largest absolute Gasteiger partial charge is 0.460 e. The van der Waals surface area contributed by atoms with Crippen molar-refractivity contribution in [2.75, 3.05) is 0 Å². The number of esters is 1. The Kier molecular flexibility index (Phi) is 3.71. The minimum Gasteiger partial charge on any atom is -0.460 e. The van der Waals surface area contributed by atoms with Gasteiger partial charge in [-0.1, -0.05) is 30.3 Å². The summed E-state index contributed by atoms with van der Waals surface area (Å²) in [7, 11) is 0. The summed E-state index contributed by atoms with van der Waals surface area (Å²) in [4.78, 5) is 11.6. The molecule has 1 saturated heterocycles. The summed E-state index contributed by atoms with van der Waals surface area (Å²) in [5.41, 5.74) is 0.784. The van der Waals surface area contributed by atoms with Gasteiger partial charge in [0.15, 0.2) is 0 Å². The molecule has 0 spiro atoms. The Morgan fingerprint density at radius 2 is 1.94 bits per heavy atom. The van der Waals surface area contributed by atoms with E-state index in [0.29, 0.717) is 6.42 Å². The van der Waals surface area contributed by atoms with Gasteiger partial charge in [-0.05, 0) is 32.8 Å². The fourth-order valence-corrected chi connectivity index (χ4v) is 1.95. The number of ether oxygens (including phenoxy) is 2. The Balaban J connectivity index is 1.73. The van der Waals surface area contributed by atoms with Crippen LogP contribution < -0.4 is 0 Å². The van der Waals surface area contributed by atoms with Crippen LogP contribution in [0.25, 0.3) is 0 Å². The Morgan fingerprint density at radius 3 is 2.56 bits per heavy atom. The molecule has 0 unspecified atom stereocenters. The van der Waals surface area contributed by atoms with Crippen molar-refractivity contribution in [2.24, 2.45) is 0 Å². The molecule has 2 atom stereocenters. The molecule has 3 heteroatoms. The molecule has 1 aromatic rings. The van der Waals surface area contributed by atoms with Gasteiger partial charge in [-0.2, -0.15) is 0 Å². The number of hydrogen-bond acceptors (Lipinski definition) is 3. The molecule has 0 aromatic heterocycles. The zero-order chi connectivity index (χ0) is 13.2. The first-order chi connectivity index (χ1) is 8.46. The number of epoxide rings is 1. The van der Waals surface area contributed by atoms with Crippen molar-refractivity contribution >= 4 is 5.97 Å². The van der Waals surface area contributed by atoms with Crippen LogP contribution in [0.3, 0.4) is 0 Å². The molecule has 2 rings (SSSR count). The second kappa shape index (κ2) is 5.11. The topological polar surface area (TPSA) is 38.8 Å². The Bertz CT molecular complexity index is 405. The third-order valence-corrected chi connectivity index (χ3v) is 2.76. The lowest BCUT2D eigenvalue weighted by Crippen LogP contribution is -2.23. The smallest absolute Gasteiger partial charge is 0.306 e. The molecule has 1 aliphatic heterocycles. The molecule has 3 nitrogen and oxygen atoms in total. The van der Waals surface area contributed by atoms with Crippen molar-refractivity contribution in [3.05, 3.63) is 35.9 Å². The Labute approximate surface area is 108 Å². The molecule has 1 aromatic carbocycles. The minimum absolute atomic E-state index is 0.148. The van der Waals surface area contributed by atoms with Gasteiger partial charge in [0.05, 0.1) is 6.10 Å². The first kappa shape index (κ1) is 13.1. The number of benzene rings is 1. The fourth-order valence-electron chi connectivity index (χ4n) is 1.95. The maximum absolute atomic E-state index is 11.6. The van der Waals surface area contributed by atoms with Crippen molar-refractivity contribution in [3.63, 3.8) is 0 Å². The van der Waals surface area contributed by atoms with E-state index in [-0.39, 0.29) is 18.2 Å². The summed E-state index contributed by atoms with van der Waals surface area (Å²) < 4.78 is 10.8. The van der Waals surface area contributed by atoms with Gasteiger partial charge in [-0.15, -0.1) is 0 Å². The molecule has 0 saturated carbocycles. The molecule has 1 aliphatic rings. The highest BCUT2D eigenvalue weighted by Crippen LogP contribution is 2.41. The van der Waals surface area contributed by atoms with E-state index in [9.17, 15) is 4.79 Å². The van der Waals surface area contributed by atoms with E-state index in [2.05, 4.69) is 12.1 Å². The average Bonchev–Trinajstić information content (AvgIpc) is 3.05. The van der Waals surface area contributed by atoms with Crippen LogP contribution in [0.15, 0.2) is 30.3 Å². The lowest BCUT2D eigenvalue weighted by Gasteiger charge is -2.19. The maximum atomic E-state index is 11.6. The van der Waals surface area contributed by atoms with Crippen molar-refractivity contribution in [2.45, 2.75) is 51.4 Å². The molecule has 1 fully saturated rings. The number of carbonyl (C=O) groups is 1. The van der Waals surface area contributed by atoms with Crippen molar-refractivity contribution in [1.29, 1.82) is 0 Å². The van der Waals surface area contributed by atoms with Crippen LogP contribution in [-0.2, 0) is 14.3 Å². The summed E-state index contributed by atoms with van der Waals surface area (Å²) in [6, 6.07) is 10.1. The third kappa shape index (κ3) is 3.84. The van der Waals surface area contributed by atoms with E-state index < -0.39 is 5.60 Å². The highest BCUT2D eigenvalue weighted by Gasteiger charge is 2.39. The molecule has 0 aliphatic carbocycles. The molecular weight excluding hydrogens is 228 g/mol. The lowest BCUT2D eigenvalue weighted by molar-refractivity contribution is -0.155. The van der Waals surface area contributed by atoms with E-state index >= 15 is 0 Å². The van der Waals surface area contributed by atoms with Crippen LogP contribution in [-0.4, -0.2) is 17.7 Å². The van der Waals surface area contributed by atoms with E-state index in [1.807, 2.05) is 39.0 Å². The normalized spacial score (nSPS) is 22.6. The summed E-state index contributed by atoms with van der Waals surface area (Å²) in [5.74, 6) is -0.148. The predicted molar refractivity (Wildman–Crippen MR) is 69.1 cm³/mol. The van der Waals surface area contributed by atoms with Gasteiger partial charge in [0.1, 0.15) is 11.7 Å². The molecule has 0 bridgehead atoms. The number of hydrogen-bond donors (Lipinski definition) is 0. The van der Waals surface area contributed by atoms with E-state index in [1.165, 1.54) is 5.56 Å². The molecule has 0 radical (unpaired) electrons. The summed E-state index contributed by atoms with van der Waals surface area (Å²) >= 11 is 0. The Hall–Kier alpha value is -1.35. The standard InChI is InChI=1S/C15H20O3/c1-15(2,3)18-13(16)10-9-12-14(17-12)11-7-5-4-6-8-11/h4-8,12,14H,9-10H2,1-3H3/t12-,14-/m1/s1. The van der Waals surface area contributed by atoms with Crippen LogP contribution in [0, 0.1) is 0 Å². The van der Waals surface area contributed by atoms with Crippen LogP contribution in [0.5, 0.6) is 0 Å². The third-order valence-electron chi connectivity index (χ3n) is 2.76. The van der Waals surface area contributed by atoms with Gasteiger partial charge < -0.3 is 9.47 Å². The lowest BCUT2D eigenvalue weighted by atomic mass is 10.1. The van der Waals surface area contributed by atoms with Crippen molar-refractivity contribution in [1.82, 2.24) is 0 Å². The second-order valence-electron chi connectivity index (χ2n) is 5.63. The van der Waals surface area contributed by atoms with Gasteiger partial charge in [-0.3, -0.25) is 4.79 Å². The van der Waals surface area contributed by atoms with E-state index in [4.69, 9.17) is 9.47 Å². The molecule has 98 valence electrons. The van der Waals surface area contributed by atoms with Gasteiger partial charge in [0.2, 0.25) is 0 Å². The number of rotatable bonds is 4. The minimum atomic E-state index is -0.402. The monoisotopic (exact) mass is 248 g/mol. The van der Waals surface area contributed by atoms with Crippen LogP contribution >= 0.6 is 0 Å². The first-order valence-corrected chi connectivity index (χ1v) is 6.38. The van der Waals surface area contributed by atoms with Gasteiger partial charge in [-0.25, -0.2) is 0 Å². The zero-order valence-electron chi connectivity index (χ0n) is 11.2. The van der Waals surface area contributed by atoms with Crippen LogP contribution in [0.1, 0.15) is 45.3 Å².